The van der Waals surface area contributed by atoms with Crippen molar-refractivity contribution < 1.29 is 4.42 Å². The molecule has 7 aromatic carbocycles. The highest BCUT2D eigenvalue weighted by atomic mass is 16.3. The Bertz CT molecular complexity index is 3810. The van der Waals surface area contributed by atoms with E-state index in [1.165, 1.54) is 142 Å². The molecule has 388 valence electrons. The first-order valence-electron chi connectivity index (χ1n) is 28.9. The third-order valence-corrected chi connectivity index (χ3v) is 20.5. The minimum Gasteiger partial charge on any atom is -0.456 e. The first-order valence-corrected chi connectivity index (χ1v) is 28.9. The maximum absolute atomic E-state index is 7.13. The summed E-state index contributed by atoms with van der Waals surface area (Å²) in [6, 6.07) is 44.2. The molecule has 1 aromatic heterocycles. The Labute approximate surface area is 455 Å². The van der Waals surface area contributed by atoms with Crippen molar-refractivity contribution in [3.05, 3.63) is 159 Å². The molecular formula is C72H81BN2O. The topological polar surface area (TPSA) is 19.6 Å². The monoisotopic (exact) mass is 1000 g/mol. The first-order chi connectivity index (χ1) is 35.6. The predicted molar refractivity (Wildman–Crippen MR) is 327 cm³/mol. The Morgan fingerprint density at radius 2 is 0.987 bits per heavy atom. The average Bonchev–Trinajstić information content (AvgIpc) is 3.87. The van der Waals surface area contributed by atoms with Crippen LogP contribution in [0.15, 0.2) is 114 Å². The summed E-state index contributed by atoms with van der Waals surface area (Å²) in [6.45, 7) is 41.3. The van der Waals surface area contributed by atoms with Gasteiger partial charge in [-0.25, -0.2) is 0 Å². The molecule has 0 fully saturated rings. The molecule has 0 N–H and O–H groups in total. The van der Waals surface area contributed by atoms with Crippen molar-refractivity contribution in [2.24, 2.45) is 0 Å². The van der Waals surface area contributed by atoms with E-state index in [1.54, 1.807) is 0 Å². The molecule has 0 amide bonds. The Balaban J connectivity index is 1.22. The molecule has 3 heterocycles. The van der Waals surface area contributed by atoms with Gasteiger partial charge in [0.1, 0.15) is 11.2 Å². The fraction of sp³-hybridized carbons (Fsp3) is 0.417. The van der Waals surface area contributed by atoms with Crippen molar-refractivity contribution in [3.8, 4) is 11.1 Å². The number of furan rings is 1. The van der Waals surface area contributed by atoms with Gasteiger partial charge in [0.25, 0.3) is 6.71 Å². The van der Waals surface area contributed by atoms with Crippen LogP contribution < -0.4 is 26.2 Å². The van der Waals surface area contributed by atoms with Crippen molar-refractivity contribution >= 4 is 79.2 Å². The van der Waals surface area contributed by atoms with E-state index in [0.717, 1.165) is 30.4 Å². The van der Waals surface area contributed by atoms with E-state index in [9.17, 15) is 0 Å². The smallest absolute Gasteiger partial charge is 0.252 e. The Kier molecular flexibility index (Phi) is 10.3. The molecule has 0 spiro atoms. The predicted octanol–water partition coefficient (Wildman–Crippen LogP) is 18.3. The van der Waals surface area contributed by atoms with Crippen LogP contribution in [0.2, 0.25) is 0 Å². The Hall–Kier alpha value is -6.00. The summed E-state index contributed by atoms with van der Waals surface area (Å²) < 4.78 is 7.13. The highest BCUT2D eigenvalue weighted by Crippen LogP contribution is 2.56. The molecule has 0 radical (unpaired) electrons. The molecular weight excluding hydrogens is 920 g/mol. The number of rotatable bonds is 3. The van der Waals surface area contributed by atoms with Crippen molar-refractivity contribution in [3.63, 3.8) is 0 Å². The lowest BCUT2D eigenvalue weighted by Crippen LogP contribution is -2.62. The highest BCUT2D eigenvalue weighted by molar-refractivity contribution is 7.00. The third kappa shape index (κ3) is 7.13. The standard InChI is InChI=1S/C72H81BN2O/c1-42-20-18-19-21-47(42)44-35-59-64-60(36-44)75(57-40-53-50(34-43(57)2)68(8,9)30-32-71(53,14)15)65-55(26-27-61-63(65)48-24-22-45(66(3,4)5)37-62(48)76-61)73(64)56-39-52-54(72(16,17)33-31-70(52,12)13)41-58(56)74(59)46-23-25-49-51(38-46)69(10,11)29-28-67(49,6)7/h18-27,34-41H,28-33H2,1-17H3. The van der Waals surface area contributed by atoms with Gasteiger partial charge in [0, 0.05) is 33.8 Å². The van der Waals surface area contributed by atoms with Gasteiger partial charge in [-0.05, 0) is 216 Å². The molecule has 0 saturated carbocycles. The summed E-state index contributed by atoms with van der Waals surface area (Å²) in [5.74, 6) is 0. The van der Waals surface area contributed by atoms with E-state index in [4.69, 9.17) is 4.42 Å². The number of nitrogens with zero attached hydrogens (tertiary/aromatic N) is 2. The van der Waals surface area contributed by atoms with Gasteiger partial charge in [-0.2, -0.15) is 0 Å². The molecule has 13 rings (SSSR count). The number of benzene rings is 7. The van der Waals surface area contributed by atoms with Crippen LogP contribution in [0, 0.1) is 13.8 Å². The van der Waals surface area contributed by atoms with E-state index in [1.807, 2.05) is 0 Å². The van der Waals surface area contributed by atoms with Gasteiger partial charge in [0.2, 0.25) is 0 Å². The van der Waals surface area contributed by atoms with Crippen LogP contribution in [0.3, 0.4) is 0 Å². The molecule has 0 saturated heterocycles. The molecule has 3 aliphatic carbocycles. The van der Waals surface area contributed by atoms with E-state index < -0.39 is 0 Å². The fourth-order valence-electron chi connectivity index (χ4n) is 15.1. The van der Waals surface area contributed by atoms with E-state index in [0.29, 0.717) is 0 Å². The zero-order chi connectivity index (χ0) is 53.8. The maximum Gasteiger partial charge on any atom is 0.252 e. The molecule has 4 heteroatoms. The molecule has 76 heavy (non-hydrogen) atoms. The number of hydrogen-bond acceptors (Lipinski definition) is 3. The quantitative estimate of drug-likeness (QED) is 0.164. The van der Waals surface area contributed by atoms with Crippen molar-refractivity contribution in [1.82, 2.24) is 0 Å². The highest BCUT2D eigenvalue weighted by Gasteiger charge is 2.49. The van der Waals surface area contributed by atoms with Gasteiger partial charge in [0.15, 0.2) is 0 Å². The van der Waals surface area contributed by atoms with Crippen molar-refractivity contribution in [2.45, 2.75) is 194 Å². The first kappa shape index (κ1) is 49.6. The molecule has 2 aliphatic heterocycles. The van der Waals surface area contributed by atoms with Gasteiger partial charge >= 0.3 is 0 Å². The summed E-state index contributed by atoms with van der Waals surface area (Å²) in [7, 11) is 0. The molecule has 0 atom stereocenters. The molecule has 0 unspecified atom stereocenters. The average molecular weight is 1000 g/mol. The second-order valence-corrected chi connectivity index (χ2v) is 29.5. The van der Waals surface area contributed by atoms with Gasteiger partial charge in [-0.3, -0.25) is 0 Å². The summed E-state index contributed by atoms with van der Waals surface area (Å²) in [4.78, 5) is 5.47. The lowest BCUT2D eigenvalue weighted by Gasteiger charge is -2.48. The molecule has 8 aromatic rings. The van der Waals surface area contributed by atoms with E-state index >= 15 is 0 Å². The SMILES string of the molecule is Cc1ccccc1-c1cc2c3c(c1)N(c1cc4c(cc1C)C(C)(C)CCC4(C)C)c1c(ccc4oc5cc(C(C)(C)C)ccc5c14)B3c1cc3c(cc1N2c1ccc2c(c1)C(C)(C)CCC2(C)C)C(C)(C)CCC3(C)C. The zero-order valence-electron chi connectivity index (χ0n) is 49.0. The van der Waals surface area contributed by atoms with Crippen LogP contribution in [0.25, 0.3) is 33.1 Å². The second-order valence-electron chi connectivity index (χ2n) is 29.5. The number of anilines is 6. The Morgan fingerprint density at radius 1 is 0.447 bits per heavy atom. The van der Waals surface area contributed by atoms with Crippen molar-refractivity contribution in [1.29, 1.82) is 0 Å². The molecule has 3 nitrogen and oxygen atoms in total. The second kappa shape index (κ2) is 15.8. The molecule has 5 aliphatic rings. The molecule has 0 bridgehead atoms. The number of fused-ring (bicyclic) bond motifs is 11. The van der Waals surface area contributed by atoms with Crippen LogP contribution in [-0.2, 0) is 37.9 Å². The van der Waals surface area contributed by atoms with Crippen LogP contribution in [-0.4, -0.2) is 6.71 Å². The number of hydrogen-bond donors (Lipinski definition) is 0. The minimum atomic E-state index is -0.0518. The summed E-state index contributed by atoms with van der Waals surface area (Å²) in [6.07, 6.45) is 6.99. The van der Waals surface area contributed by atoms with Crippen LogP contribution in [0.5, 0.6) is 0 Å². The number of aryl methyl sites for hydroxylation is 2. The van der Waals surface area contributed by atoms with Crippen molar-refractivity contribution in [2.75, 3.05) is 9.80 Å². The van der Waals surface area contributed by atoms with Crippen LogP contribution in [0.1, 0.15) is 192 Å². The lowest BCUT2D eigenvalue weighted by molar-refractivity contribution is 0.332. The summed E-state index contributed by atoms with van der Waals surface area (Å²) in [5.41, 5.74) is 29.1. The Morgan fingerprint density at radius 3 is 1.59 bits per heavy atom. The zero-order valence-corrected chi connectivity index (χ0v) is 49.0. The van der Waals surface area contributed by atoms with Crippen LogP contribution in [0.4, 0.5) is 34.1 Å². The lowest BCUT2D eigenvalue weighted by atomic mass is 9.33. The van der Waals surface area contributed by atoms with Gasteiger partial charge in [-0.1, -0.05) is 165 Å². The maximum atomic E-state index is 7.13. The van der Waals surface area contributed by atoms with E-state index in [-0.39, 0.29) is 44.6 Å². The van der Waals surface area contributed by atoms with Crippen LogP contribution >= 0.6 is 0 Å². The minimum absolute atomic E-state index is 0.0127. The van der Waals surface area contributed by atoms with Gasteiger partial charge in [0.05, 0.1) is 11.1 Å². The summed E-state index contributed by atoms with van der Waals surface area (Å²) >= 11 is 0. The summed E-state index contributed by atoms with van der Waals surface area (Å²) in [5, 5.41) is 2.37. The largest absolute Gasteiger partial charge is 0.456 e. The third-order valence-electron chi connectivity index (χ3n) is 20.5. The fourth-order valence-corrected chi connectivity index (χ4v) is 15.1. The normalized spacial score (nSPS) is 19.9. The van der Waals surface area contributed by atoms with E-state index in [2.05, 4.69) is 237 Å². The van der Waals surface area contributed by atoms with Gasteiger partial charge < -0.3 is 14.2 Å². The van der Waals surface area contributed by atoms with Gasteiger partial charge in [-0.15, -0.1) is 0 Å².